The van der Waals surface area contributed by atoms with Crippen molar-refractivity contribution < 1.29 is 9.53 Å². The highest BCUT2D eigenvalue weighted by Gasteiger charge is 2.12. The van der Waals surface area contributed by atoms with Crippen molar-refractivity contribution in [3.8, 4) is 0 Å². The first-order chi connectivity index (χ1) is 14.1. The third kappa shape index (κ3) is 9.76. The zero-order chi connectivity index (χ0) is 20.9. The standard InChI is InChI=1S/C22H37N5O2/c1-23-22(24-13-14-29-20-11-6-4-5-7-12-20)25-16-18-9-8-10-19(15-18)26-21(28)17-27(2)3/h8-10,15,20H,4-7,11-14,16-17H2,1-3H3,(H,26,28)(H2,23,24,25). The van der Waals surface area contributed by atoms with E-state index in [0.29, 0.717) is 25.8 Å². The van der Waals surface area contributed by atoms with Crippen LogP contribution in [-0.4, -0.2) is 63.7 Å². The number of hydrogen-bond acceptors (Lipinski definition) is 4. The molecule has 1 saturated carbocycles. The molecule has 1 amide bonds. The average molecular weight is 404 g/mol. The number of nitrogens with zero attached hydrogens (tertiary/aromatic N) is 2. The van der Waals surface area contributed by atoms with Crippen LogP contribution in [0, 0.1) is 0 Å². The van der Waals surface area contributed by atoms with Gasteiger partial charge in [-0.05, 0) is 44.6 Å². The number of aliphatic imine (C=N–C) groups is 1. The zero-order valence-electron chi connectivity index (χ0n) is 18.2. The highest BCUT2D eigenvalue weighted by molar-refractivity contribution is 5.92. The number of amides is 1. The minimum Gasteiger partial charge on any atom is -0.376 e. The molecule has 1 aliphatic carbocycles. The van der Waals surface area contributed by atoms with Gasteiger partial charge in [-0.25, -0.2) is 0 Å². The van der Waals surface area contributed by atoms with E-state index in [1.54, 1.807) is 7.05 Å². The summed E-state index contributed by atoms with van der Waals surface area (Å²) in [6, 6.07) is 7.84. The van der Waals surface area contributed by atoms with Crippen LogP contribution in [-0.2, 0) is 16.1 Å². The molecule has 7 heteroatoms. The van der Waals surface area contributed by atoms with Crippen LogP contribution >= 0.6 is 0 Å². The van der Waals surface area contributed by atoms with Crippen LogP contribution in [0.1, 0.15) is 44.1 Å². The Morgan fingerprint density at radius 3 is 2.62 bits per heavy atom. The minimum atomic E-state index is -0.0220. The van der Waals surface area contributed by atoms with Gasteiger partial charge < -0.3 is 25.6 Å². The molecule has 1 aromatic rings. The number of carbonyl (C=O) groups is 1. The Labute approximate surface area is 175 Å². The van der Waals surface area contributed by atoms with E-state index in [2.05, 4.69) is 20.9 Å². The average Bonchev–Trinajstić information content (AvgIpc) is 2.96. The highest BCUT2D eigenvalue weighted by Crippen LogP contribution is 2.19. The molecule has 162 valence electrons. The monoisotopic (exact) mass is 403 g/mol. The van der Waals surface area contributed by atoms with Gasteiger partial charge in [0.25, 0.3) is 0 Å². The van der Waals surface area contributed by atoms with E-state index in [-0.39, 0.29) is 5.91 Å². The van der Waals surface area contributed by atoms with E-state index in [1.807, 2.05) is 43.3 Å². The molecule has 3 N–H and O–H groups in total. The number of hydrogen-bond donors (Lipinski definition) is 3. The van der Waals surface area contributed by atoms with Crippen LogP contribution in [0.4, 0.5) is 5.69 Å². The molecule has 7 nitrogen and oxygen atoms in total. The predicted octanol–water partition coefficient (Wildman–Crippen LogP) is 2.59. The van der Waals surface area contributed by atoms with E-state index in [4.69, 9.17) is 4.74 Å². The Balaban J connectivity index is 1.70. The number of benzene rings is 1. The summed E-state index contributed by atoms with van der Waals surface area (Å²) in [6.45, 7) is 2.41. The molecule has 1 aliphatic rings. The SMILES string of the molecule is CN=C(NCCOC1CCCCCC1)NCc1cccc(NC(=O)CN(C)C)c1. The maximum absolute atomic E-state index is 11.9. The second-order valence-electron chi connectivity index (χ2n) is 7.82. The first-order valence-corrected chi connectivity index (χ1v) is 10.7. The molecule has 0 atom stereocenters. The molecule has 2 rings (SSSR count). The molecule has 1 fully saturated rings. The number of anilines is 1. The van der Waals surface area contributed by atoms with Crippen LogP contribution in [0.3, 0.4) is 0 Å². The highest BCUT2D eigenvalue weighted by atomic mass is 16.5. The van der Waals surface area contributed by atoms with E-state index < -0.39 is 0 Å². The molecule has 0 bridgehead atoms. The van der Waals surface area contributed by atoms with Gasteiger partial charge in [0.1, 0.15) is 0 Å². The molecule has 0 aliphatic heterocycles. The first-order valence-electron chi connectivity index (χ1n) is 10.7. The summed E-state index contributed by atoms with van der Waals surface area (Å²) < 4.78 is 6.01. The van der Waals surface area contributed by atoms with Gasteiger partial charge in [-0.1, -0.05) is 37.8 Å². The van der Waals surface area contributed by atoms with Gasteiger partial charge >= 0.3 is 0 Å². The van der Waals surface area contributed by atoms with Gasteiger partial charge in [0.2, 0.25) is 5.91 Å². The van der Waals surface area contributed by atoms with Crippen LogP contribution in [0.15, 0.2) is 29.3 Å². The van der Waals surface area contributed by atoms with Gasteiger partial charge in [0, 0.05) is 25.8 Å². The number of carbonyl (C=O) groups excluding carboxylic acids is 1. The minimum absolute atomic E-state index is 0.0220. The summed E-state index contributed by atoms with van der Waals surface area (Å²) in [5.41, 5.74) is 1.88. The molecule has 29 heavy (non-hydrogen) atoms. The van der Waals surface area contributed by atoms with Crippen molar-refractivity contribution in [1.82, 2.24) is 15.5 Å². The van der Waals surface area contributed by atoms with Crippen LogP contribution < -0.4 is 16.0 Å². The summed E-state index contributed by atoms with van der Waals surface area (Å²) in [4.78, 5) is 18.0. The molecule has 0 unspecified atom stereocenters. The fraction of sp³-hybridized carbons (Fsp3) is 0.636. The van der Waals surface area contributed by atoms with Gasteiger partial charge in [0.15, 0.2) is 5.96 Å². The summed E-state index contributed by atoms with van der Waals surface area (Å²) in [5, 5.41) is 9.53. The van der Waals surface area contributed by atoms with Crippen molar-refractivity contribution in [2.45, 2.75) is 51.2 Å². The van der Waals surface area contributed by atoms with Crippen molar-refractivity contribution in [3.63, 3.8) is 0 Å². The molecule has 0 saturated heterocycles. The maximum Gasteiger partial charge on any atom is 0.238 e. The summed E-state index contributed by atoms with van der Waals surface area (Å²) in [6.07, 6.45) is 8.05. The number of likely N-dealkylation sites (N-methyl/N-ethyl adjacent to an activating group) is 1. The largest absolute Gasteiger partial charge is 0.376 e. The number of guanidine groups is 1. The maximum atomic E-state index is 11.9. The fourth-order valence-electron chi connectivity index (χ4n) is 3.46. The molecular formula is C22H37N5O2. The lowest BCUT2D eigenvalue weighted by molar-refractivity contribution is -0.116. The van der Waals surface area contributed by atoms with Gasteiger partial charge in [-0.2, -0.15) is 0 Å². The molecule has 0 radical (unpaired) electrons. The first kappa shape index (κ1) is 23.2. The Morgan fingerprint density at radius 2 is 1.93 bits per heavy atom. The quantitative estimate of drug-likeness (QED) is 0.256. The lowest BCUT2D eigenvalue weighted by Crippen LogP contribution is -2.39. The summed E-state index contributed by atoms with van der Waals surface area (Å²) >= 11 is 0. The van der Waals surface area contributed by atoms with Crippen molar-refractivity contribution >= 4 is 17.6 Å². The topological polar surface area (TPSA) is 78.0 Å². The van der Waals surface area contributed by atoms with Gasteiger partial charge in [-0.15, -0.1) is 0 Å². The second-order valence-corrected chi connectivity index (χ2v) is 7.82. The molecule has 1 aromatic carbocycles. The molecule has 0 heterocycles. The van der Waals surface area contributed by atoms with Crippen molar-refractivity contribution in [1.29, 1.82) is 0 Å². The molecular weight excluding hydrogens is 366 g/mol. The van der Waals surface area contributed by atoms with Gasteiger partial charge in [0.05, 0.1) is 19.3 Å². The zero-order valence-corrected chi connectivity index (χ0v) is 18.2. The Kier molecular flexibility index (Phi) is 10.5. The molecule has 0 aromatic heterocycles. The summed E-state index contributed by atoms with van der Waals surface area (Å²) in [5.74, 6) is 0.725. The number of ether oxygens (including phenoxy) is 1. The van der Waals surface area contributed by atoms with E-state index >= 15 is 0 Å². The second kappa shape index (κ2) is 13.2. The van der Waals surface area contributed by atoms with Gasteiger partial charge in [-0.3, -0.25) is 9.79 Å². The number of nitrogens with one attached hydrogen (secondary N) is 3. The lowest BCUT2D eigenvalue weighted by atomic mass is 10.1. The lowest BCUT2D eigenvalue weighted by Gasteiger charge is -2.17. The van der Waals surface area contributed by atoms with E-state index in [0.717, 1.165) is 23.8 Å². The van der Waals surface area contributed by atoms with E-state index in [9.17, 15) is 4.79 Å². The Bertz CT molecular complexity index is 640. The summed E-state index contributed by atoms with van der Waals surface area (Å²) in [7, 11) is 5.51. The van der Waals surface area contributed by atoms with Crippen LogP contribution in [0.2, 0.25) is 0 Å². The smallest absolute Gasteiger partial charge is 0.238 e. The normalized spacial score (nSPS) is 15.8. The predicted molar refractivity (Wildman–Crippen MR) is 119 cm³/mol. The Morgan fingerprint density at radius 1 is 1.17 bits per heavy atom. The third-order valence-corrected chi connectivity index (χ3v) is 4.90. The van der Waals surface area contributed by atoms with Crippen molar-refractivity contribution in [2.24, 2.45) is 4.99 Å². The van der Waals surface area contributed by atoms with Crippen LogP contribution in [0.5, 0.6) is 0 Å². The fourth-order valence-corrected chi connectivity index (χ4v) is 3.46. The van der Waals surface area contributed by atoms with E-state index in [1.165, 1.54) is 38.5 Å². The Hall–Kier alpha value is -2.12. The molecule has 0 spiro atoms. The third-order valence-electron chi connectivity index (χ3n) is 4.90. The van der Waals surface area contributed by atoms with Crippen LogP contribution in [0.25, 0.3) is 0 Å². The number of rotatable bonds is 9. The van der Waals surface area contributed by atoms with Crippen molar-refractivity contribution in [2.75, 3.05) is 46.2 Å². The van der Waals surface area contributed by atoms with Crippen molar-refractivity contribution in [3.05, 3.63) is 29.8 Å².